The summed E-state index contributed by atoms with van der Waals surface area (Å²) >= 11 is 0. The van der Waals surface area contributed by atoms with Gasteiger partial charge in [-0.1, -0.05) is 42.5 Å². The number of hydrogen-bond acceptors (Lipinski definition) is 3. The van der Waals surface area contributed by atoms with Crippen molar-refractivity contribution < 1.29 is 14.7 Å². The quantitative estimate of drug-likeness (QED) is 0.632. The van der Waals surface area contributed by atoms with Crippen LogP contribution in [0.25, 0.3) is 6.08 Å². The molecule has 24 heavy (non-hydrogen) atoms. The van der Waals surface area contributed by atoms with Crippen molar-refractivity contribution in [2.45, 2.75) is 6.42 Å². The molecule has 0 aliphatic carbocycles. The van der Waals surface area contributed by atoms with Crippen LogP contribution in [0.2, 0.25) is 0 Å². The lowest BCUT2D eigenvalue weighted by Gasteiger charge is -2.04. The van der Waals surface area contributed by atoms with Crippen LogP contribution < -0.4 is 5.32 Å². The molecule has 0 heterocycles. The zero-order chi connectivity index (χ0) is 17.4. The summed E-state index contributed by atoms with van der Waals surface area (Å²) in [5.74, 6) is -1.47. The third kappa shape index (κ3) is 4.82. The first-order valence-corrected chi connectivity index (χ1v) is 7.37. The van der Waals surface area contributed by atoms with Gasteiger partial charge in [0, 0.05) is 6.54 Å². The Morgan fingerprint density at radius 2 is 1.75 bits per heavy atom. The van der Waals surface area contributed by atoms with E-state index in [-0.39, 0.29) is 11.1 Å². The maximum absolute atomic E-state index is 12.0. The van der Waals surface area contributed by atoms with E-state index in [1.54, 1.807) is 12.1 Å². The zero-order valence-electron chi connectivity index (χ0n) is 12.9. The molecular weight excluding hydrogens is 304 g/mol. The highest BCUT2D eigenvalue weighted by Gasteiger charge is 2.09. The fraction of sp³-hybridized carbons (Fsp3) is 0.105. The number of carboxylic acid groups (broad SMARTS) is 1. The van der Waals surface area contributed by atoms with Gasteiger partial charge in [0.15, 0.2) is 0 Å². The van der Waals surface area contributed by atoms with E-state index in [1.807, 2.05) is 36.4 Å². The van der Waals surface area contributed by atoms with Gasteiger partial charge in [-0.25, -0.2) is 4.79 Å². The number of amides is 1. The molecule has 2 N–H and O–H groups in total. The molecule has 0 saturated carbocycles. The Balaban J connectivity index is 1.97. The second-order valence-corrected chi connectivity index (χ2v) is 5.09. The van der Waals surface area contributed by atoms with E-state index >= 15 is 0 Å². The summed E-state index contributed by atoms with van der Waals surface area (Å²) in [6, 6.07) is 17.6. The van der Waals surface area contributed by atoms with Gasteiger partial charge in [0.05, 0.1) is 5.56 Å². The maximum Gasteiger partial charge on any atom is 0.335 e. The van der Waals surface area contributed by atoms with Gasteiger partial charge in [-0.15, -0.1) is 0 Å². The van der Waals surface area contributed by atoms with Gasteiger partial charge in [0.2, 0.25) is 0 Å². The Morgan fingerprint density at radius 1 is 1.08 bits per heavy atom. The summed E-state index contributed by atoms with van der Waals surface area (Å²) < 4.78 is 0. The topological polar surface area (TPSA) is 90.2 Å². The number of nitriles is 1. The molecule has 5 nitrogen and oxygen atoms in total. The van der Waals surface area contributed by atoms with Gasteiger partial charge in [-0.3, -0.25) is 4.79 Å². The number of nitrogens with zero attached hydrogens (tertiary/aromatic N) is 1. The van der Waals surface area contributed by atoms with E-state index in [4.69, 9.17) is 10.4 Å². The predicted octanol–water partition coefficient (Wildman–Crippen LogP) is 2.65. The molecule has 0 saturated heterocycles. The highest BCUT2D eigenvalue weighted by atomic mass is 16.4. The minimum absolute atomic E-state index is 0.0221. The van der Waals surface area contributed by atoms with Crippen molar-refractivity contribution in [3.05, 3.63) is 76.9 Å². The number of hydrogen-bond donors (Lipinski definition) is 2. The molecule has 0 aliphatic rings. The smallest absolute Gasteiger partial charge is 0.335 e. The van der Waals surface area contributed by atoms with Gasteiger partial charge in [-0.2, -0.15) is 5.26 Å². The first kappa shape index (κ1) is 17.0. The minimum atomic E-state index is -1.02. The zero-order valence-corrected chi connectivity index (χ0v) is 12.9. The fourth-order valence-electron chi connectivity index (χ4n) is 2.10. The summed E-state index contributed by atoms with van der Waals surface area (Å²) in [7, 11) is 0. The predicted molar refractivity (Wildman–Crippen MR) is 90.1 cm³/mol. The van der Waals surface area contributed by atoms with Crippen molar-refractivity contribution in [1.29, 1.82) is 5.26 Å². The Labute approximate surface area is 139 Å². The molecule has 0 fully saturated rings. The number of carbonyl (C=O) groups is 2. The van der Waals surface area contributed by atoms with Crippen LogP contribution in [0, 0.1) is 11.3 Å². The number of rotatable bonds is 6. The van der Waals surface area contributed by atoms with E-state index in [2.05, 4.69) is 5.32 Å². The Bertz CT molecular complexity index is 788. The summed E-state index contributed by atoms with van der Waals surface area (Å²) in [4.78, 5) is 22.9. The SMILES string of the molecule is N#CC(=Cc1ccc(C(=O)O)cc1)C(=O)NCCc1ccccc1. The Morgan fingerprint density at radius 3 is 2.33 bits per heavy atom. The molecule has 1 amide bonds. The van der Waals surface area contributed by atoms with E-state index in [0.29, 0.717) is 18.5 Å². The summed E-state index contributed by atoms with van der Waals surface area (Å²) in [6.45, 7) is 0.430. The van der Waals surface area contributed by atoms with E-state index in [1.165, 1.54) is 18.2 Å². The first-order chi connectivity index (χ1) is 11.6. The van der Waals surface area contributed by atoms with Crippen molar-refractivity contribution in [3.8, 4) is 6.07 Å². The summed E-state index contributed by atoms with van der Waals surface area (Å²) in [5.41, 5.74) is 1.82. The molecule has 2 rings (SSSR count). The maximum atomic E-state index is 12.0. The van der Waals surface area contributed by atoms with Gasteiger partial charge in [0.25, 0.3) is 5.91 Å². The van der Waals surface area contributed by atoms with E-state index in [9.17, 15) is 9.59 Å². The monoisotopic (exact) mass is 320 g/mol. The van der Waals surface area contributed by atoms with Crippen LogP contribution in [-0.2, 0) is 11.2 Å². The van der Waals surface area contributed by atoms with Crippen LogP contribution in [-0.4, -0.2) is 23.5 Å². The second kappa shape index (κ2) is 8.30. The van der Waals surface area contributed by atoms with Gasteiger partial charge in [-0.05, 0) is 35.8 Å². The summed E-state index contributed by atoms with van der Waals surface area (Å²) in [6.07, 6.45) is 2.11. The number of carbonyl (C=O) groups excluding carboxylic acids is 1. The lowest BCUT2D eigenvalue weighted by molar-refractivity contribution is -0.117. The fourth-order valence-corrected chi connectivity index (χ4v) is 2.10. The largest absolute Gasteiger partial charge is 0.478 e. The van der Waals surface area contributed by atoms with Crippen LogP contribution in [0.3, 0.4) is 0 Å². The number of benzene rings is 2. The second-order valence-electron chi connectivity index (χ2n) is 5.09. The highest BCUT2D eigenvalue weighted by molar-refractivity contribution is 6.01. The van der Waals surface area contributed by atoms with Crippen LogP contribution in [0.15, 0.2) is 60.2 Å². The molecule has 0 unspecified atom stereocenters. The number of carboxylic acids is 1. The molecule has 0 spiro atoms. The summed E-state index contributed by atoms with van der Waals surface area (Å²) in [5, 5.41) is 20.7. The molecule has 0 atom stereocenters. The van der Waals surface area contributed by atoms with Gasteiger partial charge >= 0.3 is 5.97 Å². The minimum Gasteiger partial charge on any atom is -0.478 e. The molecule has 0 radical (unpaired) electrons. The third-order valence-electron chi connectivity index (χ3n) is 3.38. The van der Waals surface area contributed by atoms with Crippen LogP contribution in [0.5, 0.6) is 0 Å². The lowest BCUT2D eigenvalue weighted by atomic mass is 10.1. The van der Waals surface area contributed by atoms with Crippen molar-refractivity contribution in [3.63, 3.8) is 0 Å². The number of aromatic carboxylic acids is 1. The van der Waals surface area contributed by atoms with Crippen LogP contribution in [0.1, 0.15) is 21.5 Å². The standard InChI is InChI=1S/C19H16N2O3/c20-13-17(12-15-6-8-16(9-7-15)19(23)24)18(22)21-11-10-14-4-2-1-3-5-14/h1-9,12H,10-11H2,(H,21,22)(H,23,24). The molecule has 2 aromatic rings. The van der Waals surface area contributed by atoms with Crippen molar-refractivity contribution >= 4 is 18.0 Å². The Hall–Kier alpha value is -3.39. The highest BCUT2D eigenvalue weighted by Crippen LogP contribution is 2.09. The Kier molecular flexibility index (Phi) is 5.87. The van der Waals surface area contributed by atoms with Crippen LogP contribution >= 0.6 is 0 Å². The van der Waals surface area contributed by atoms with Crippen molar-refractivity contribution in [2.24, 2.45) is 0 Å². The average molecular weight is 320 g/mol. The lowest BCUT2D eigenvalue weighted by Crippen LogP contribution is -2.26. The average Bonchev–Trinajstić information content (AvgIpc) is 2.60. The molecule has 0 aromatic heterocycles. The third-order valence-corrected chi connectivity index (χ3v) is 3.38. The molecule has 120 valence electrons. The first-order valence-electron chi connectivity index (χ1n) is 7.37. The van der Waals surface area contributed by atoms with Crippen molar-refractivity contribution in [1.82, 2.24) is 5.32 Å². The van der Waals surface area contributed by atoms with E-state index < -0.39 is 11.9 Å². The van der Waals surface area contributed by atoms with Gasteiger partial charge in [0.1, 0.15) is 11.6 Å². The molecule has 5 heteroatoms. The van der Waals surface area contributed by atoms with Crippen LogP contribution in [0.4, 0.5) is 0 Å². The molecule has 2 aromatic carbocycles. The van der Waals surface area contributed by atoms with E-state index in [0.717, 1.165) is 5.56 Å². The molecule has 0 aliphatic heterocycles. The van der Waals surface area contributed by atoms with Crippen molar-refractivity contribution in [2.75, 3.05) is 6.54 Å². The number of nitrogens with one attached hydrogen (secondary N) is 1. The molecule has 0 bridgehead atoms. The normalized spacial score (nSPS) is 10.7. The van der Waals surface area contributed by atoms with Gasteiger partial charge < -0.3 is 10.4 Å². The molecular formula is C19H16N2O3.